The highest BCUT2D eigenvalue weighted by atomic mass is 79.9. The number of carbonyl (C=O) groups is 2. The lowest BCUT2D eigenvalue weighted by molar-refractivity contribution is -0.114. The van der Waals surface area contributed by atoms with Gasteiger partial charge in [0.25, 0.3) is 0 Å². The molecule has 1 amide bonds. The molecule has 0 saturated heterocycles. The summed E-state index contributed by atoms with van der Waals surface area (Å²) in [5.74, 6) is -0.287. The van der Waals surface area contributed by atoms with E-state index in [4.69, 9.17) is 4.42 Å². The summed E-state index contributed by atoms with van der Waals surface area (Å²) >= 11 is 3.34. The monoisotopic (exact) mass is 295 g/mol. The molecule has 0 aliphatic rings. The van der Waals surface area contributed by atoms with Crippen molar-refractivity contribution in [3.63, 3.8) is 0 Å². The molecule has 1 aromatic carbocycles. The van der Waals surface area contributed by atoms with E-state index in [2.05, 4.69) is 21.2 Å². The first-order valence-corrected chi connectivity index (χ1v) is 5.79. The van der Waals surface area contributed by atoms with Crippen molar-refractivity contribution in [1.82, 2.24) is 0 Å². The highest BCUT2D eigenvalue weighted by Crippen LogP contribution is 2.33. The summed E-state index contributed by atoms with van der Waals surface area (Å²) in [5.41, 5.74) is 1.00. The third-order valence-corrected chi connectivity index (χ3v) is 2.76. The van der Waals surface area contributed by atoms with Crippen molar-refractivity contribution in [1.29, 1.82) is 0 Å². The van der Waals surface area contributed by atoms with Gasteiger partial charge in [-0.3, -0.25) is 9.59 Å². The van der Waals surface area contributed by atoms with Gasteiger partial charge in [0.2, 0.25) is 5.91 Å². The number of amides is 1. The number of nitrogens with one attached hydrogen (secondary N) is 1. The number of rotatable bonds is 2. The zero-order chi connectivity index (χ0) is 12.6. The number of halogens is 1. The van der Waals surface area contributed by atoms with Crippen LogP contribution in [-0.4, -0.2) is 11.7 Å². The van der Waals surface area contributed by atoms with Crippen molar-refractivity contribution in [2.75, 3.05) is 5.32 Å². The van der Waals surface area contributed by atoms with Crippen LogP contribution in [0.2, 0.25) is 0 Å². The fourth-order valence-corrected chi connectivity index (χ4v) is 1.98. The van der Waals surface area contributed by atoms with Crippen LogP contribution in [0.4, 0.5) is 5.69 Å². The maximum Gasteiger partial charge on any atom is 0.221 e. The lowest BCUT2D eigenvalue weighted by Gasteiger charge is -2.00. The Morgan fingerprint density at radius 2 is 2.00 bits per heavy atom. The average Bonchev–Trinajstić information content (AvgIpc) is 2.56. The minimum absolute atomic E-state index is 0.174. The minimum atomic E-state index is -0.241. The molecule has 4 nitrogen and oxygen atoms in total. The summed E-state index contributed by atoms with van der Waals surface area (Å²) in [7, 11) is 0. The summed E-state index contributed by atoms with van der Waals surface area (Å²) < 4.78 is 6.29. The van der Waals surface area contributed by atoms with E-state index >= 15 is 0 Å². The Balaban J connectivity index is 2.72. The van der Waals surface area contributed by atoms with Crippen molar-refractivity contribution in [2.24, 2.45) is 0 Å². The predicted molar refractivity (Wildman–Crippen MR) is 68.2 cm³/mol. The first-order chi connectivity index (χ1) is 7.99. The average molecular weight is 296 g/mol. The summed E-state index contributed by atoms with van der Waals surface area (Å²) in [4.78, 5) is 22.6. The van der Waals surface area contributed by atoms with Gasteiger partial charge in [-0.25, -0.2) is 0 Å². The fraction of sp³-hybridized carbons (Fsp3) is 0.167. The Morgan fingerprint density at radius 1 is 1.29 bits per heavy atom. The molecule has 2 aromatic rings. The fourth-order valence-electron chi connectivity index (χ4n) is 1.62. The summed E-state index contributed by atoms with van der Waals surface area (Å²) in [6.07, 6.45) is 0. The summed E-state index contributed by atoms with van der Waals surface area (Å²) in [5, 5.41) is 3.34. The standard InChI is InChI=1S/C12H10BrNO3/c1-6(15)12-11(14-7(2)16)9-5-8(13)3-4-10(9)17-12/h3-5H,1-2H3,(H,14,16). The molecule has 0 radical (unpaired) electrons. The molecule has 5 heteroatoms. The zero-order valence-corrected chi connectivity index (χ0v) is 10.9. The van der Waals surface area contributed by atoms with Gasteiger partial charge in [0, 0.05) is 23.7 Å². The smallest absolute Gasteiger partial charge is 0.221 e. The second-order valence-corrected chi connectivity index (χ2v) is 4.60. The van der Waals surface area contributed by atoms with Gasteiger partial charge < -0.3 is 9.73 Å². The van der Waals surface area contributed by atoms with Crippen LogP contribution < -0.4 is 5.32 Å². The van der Waals surface area contributed by atoms with Gasteiger partial charge >= 0.3 is 0 Å². The molecule has 88 valence electrons. The van der Waals surface area contributed by atoms with E-state index < -0.39 is 0 Å². The molecule has 0 bridgehead atoms. The number of hydrogen-bond acceptors (Lipinski definition) is 3. The van der Waals surface area contributed by atoms with Crippen molar-refractivity contribution < 1.29 is 14.0 Å². The van der Waals surface area contributed by atoms with Gasteiger partial charge in [0.15, 0.2) is 11.5 Å². The van der Waals surface area contributed by atoms with Crippen molar-refractivity contribution in [3.8, 4) is 0 Å². The van der Waals surface area contributed by atoms with Gasteiger partial charge in [-0.1, -0.05) is 15.9 Å². The van der Waals surface area contributed by atoms with Crippen LogP contribution in [0, 0.1) is 0 Å². The Labute approximate surface area is 106 Å². The van der Waals surface area contributed by atoms with Crippen LogP contribution in [0.15, 0.2) is 27.1 Å². The minimum Gasteiger partial charge on any atom is -0.451 e. The van der Waals surface area contributed by atoms with Crippen LogP contribution in [0.3, 0.4) is 0 Å². The molecule has 0 fully saturated rings. The maximum atomic E-state index is 11.4. The first-order valence-electron chi connectivity index (χ1n) is 4.99. The van der Waals surface area contributed by atoms with Gasteiger partial charge in [-0.05, 0) is 18.2 Å². The quantitative estimate of drug-likeness (QED) is 0.864. The molecular formula is C12H10BrNO3. The largest absolute Gasteiger partial charge is 0.451 e. The number of fused-ring (bicyclic) bond motifs is 1. The molecule has 1 aromatic heterocycles. The van der Waals surface area contributed by atoms with Crippen LogP contribution in [-0.2, 0) is 4.79 Å². The highest BCUT2D eigenvalue weighted by Gasteiger charge is 2.18. The normalized spacial score (nSPS) is 10.5. The third kappa shape index (κ3) is 2.24. The molecule has 2 rings (SSSR count). The Morgan fingerprint density at radius 3 is 2.59 bits per heavy atom. The lowest BCUT2D eigenvalue weighted by Crippen LogP contribution is -2.08. The van der Waals surface area contributed by atoms with Crippen molar-refractivity contribution >= 4 is 44.3 Å². The van der Waals surface area contributed by atoms with E-state index in [9.17, 15) is 9.59 Å². The van der Waals surface area contributed by atoms with Crippen molar-refractivity contribution in [2.45, 2.75) is 13.8 Å². The predicted octanol–water partition coefficient (Wildman–Crippen LogP) is 3.36. The van der Waals surface area contributed by atoms with Crippen LogP contribution in [0.5, 0.6) is 0 Å². The third-order valence-electron chi connectivity index (χ3n) is 2.27. The maximum absolute atomic E-state index is 11.4. The molecule has 0 spiro atoms. The molecule has 1 heterocycles. The Bertz CT molecular complexity index is 615. The van der Waals surface area contributed by atoms with Crippen molar-refractivity contribution in [3.05, 3.63) is 28.4 Å². The molecule has 0 unspecified atom stereocenters. The molecule has 0 saturated carbocycles. The molecule has 17 heavy (non-hydrogen) atoms. The number of carbonyl (C=O) groups excluding carboxylic acids is 2. The number of anilines is 1. The molecule has 0 atom stereocenters. The molecule has 0 aliphatic heterocycles. The van der Waals surface area contributed by atoms with Gasteiger partial charge in [0.1, 0.15) is 5.58 Å². The number of ketones is 1. The number of furan rings is 1. The lowest BCUT2D eigenvalue weighted by atomic mass is 10.2. The van der Waals surface area contributed by atoms with Crippen LogP contribution >= 0.6 is 15.9 Å². The van der Waals surface area contributed by atoms with E-state index in [1.54, 1.807) is 12.1 Å². The Kier molecular flexibility index (Phi) is 3.02. The van der Waals surface area contributed by atoms with E-state index in [0.29, 0.717) is 16.7 Å². The molecule has 1 N–H and O–H groups in total. The SMILES string of the molecule is CC(=O)Nc1c(C(C)=O)oc2ccc(Br)cc12. The number of Topliss-reactive ketones (excluding diaryl/α,β-unsaturated/α-hetero) is 1. The first kappa shape index (κ1) is 11.9. The summed E-state index contributed by atoms with van der Waals surface area (Å²) in [6, 6.07) is 5.36. The topological polar surface area (TPSA) is 59.3 Å². The number of benzene rings is 1. The van der Waals surface area contributed by atoms with Gasteiger partial charge in [0.05, 0.1) is 5.69 Å². The van der Waals surface area contributed by atoms with E-state index in [-0.39, 0.29) is 17.5 Å². The Hall–Kier alpha value is -1.62. The molecule has 0 aliphatic carbocycles. The highest BCUT2D eigenvalue weighted by molar-refractivity contribution is 9.10. The number of hydrogen-bond donors (Lipinski definition) is 1. The second-order valence-electron chi connectivity index (χ2n) is 3.68. The zero-order valence-electron chi connectivity index (χ0n) is 9.33. The second kappa shape index (κ2) is 4.33. The van der Waals surface area contributed by atoms with Crippen LogP contribution in [0.1, 0.15) is 24.4 Å². The van der Waals surface area contributed by atoms with E-state index in [0.717, 1.165) is 4.47 Å². The van der Waals surface area contributed by atoms with E-state index in [1.165, 1.54) is 13.8 Å². The van der Waals surface area contributed by atoms with Gasteiger partial charge in [-0.2, -0.15) is 0 Å². The van der Waals surface area contributed by atoms with Crippen LogP contribution in [0.25, 0.3) is 11.0 Å². The van der Waals surface area contributed by atoms with E-state index in [1.807, 2.05) is 6.07 Å². The van der Waals surface area contributed by atoms with Gasteiger partial charge in [-0.15, -0.1) is 0 Å². The summed E-state index contributed by atoms with van der Waals surface area (Å²) in [6.45, 7) is 2.79. The molecular weight excluding hydrogens is 286 g/mol.